The molecule has 313 valence electrons. The zero-order valence-electron chi connectivity index (χ0n) is 38.7. The number of pyridine rings is 2. The van der Waals surface area contributed by atoms with Crippen LogP contribution in [0.3, 0.4) is 0 Å². The molecule has 10 rings (SSSR count). The molecule has 0 spiro atoms. The van der Waals surface area contributed by atoms with Gasteiger partial charge >= 0.3 is 0 Å². The van der Waals surface area contributed by atoms with Crippen LogP contribution in [0.2, 0.25) is 0 Å². The van der Waals surface area contributed by atoms with Crippen molar-refractivity contribution in [2.45, 2.75) is 79.5 Å². The third-order valence-corrected chi connectivity index (χ3v) is 12.3. The Morgan fingerprint density at radius 2 is 1.40 bits per heavy atom. The van der Waals surface area contributed by atoms with Crippen molar-refractivity contribution in [1.82, 2.24) is 15.0 Å². The predicted octanol–water partition coefficient (Wildman–Crippen LogP) is 15.8. The van der Waals surface area contributed by atoms with Gasteiger partial charge in [0, 0.05) is 56.8 Å². The van der Waals surface area contributed by atoms with Crippen molar-refractivity contribution in [3.8, 4) is 33.6 Å². The topological polar surface area (TPSA) is 51.8 Å². The molecule has 0 saturated heterocycles. The molecule has 0 fully saturated rings. The second kappa shape index (κ2) is 16.6. The first-order chi connectivity index (χ1) is 29.9. The Hall–Kier alpha value is -5.52. The summed E-state index contributed by atoms with van der Waals surface area (Å²) in [6, 6.07) is 48.0. The van der Waals surface area contributed by atoms with Crippen molar-refractivity contribution < 1.29 is 27.3 Å². The van der Waals surface area contributed by atoms with Crippen molar-refractivity contribution in [1.29, 1.82) is 0 Å². The van der Waals surface area contributed by atoms with Gasteiger partial charge in [0.1, 0.15) is 5.58 Å². The molecule has 0 aliphatic carbocycles. The van der Waals surface area contributed by atoms with Gasteiger partial charge in [-0.1, -0.05) is 146 Å². The van der Waals surface area contributed by atoms with Crippen LogP contribution in [0.4, 0.5) is 0 Å². The minimum atomic E-state index is -1.40. The van der Waals surface area contributed by atoms with Crippen LogP contribution >= 0.6 is 11.3 Å². The summed E-state index contributed by atoms with van der Waals surface area (Å²) in [4.78, 5) is 14.4. The molecule has 0 aliphatic rings. The summed E-state index contributed by atoms with van der Waals surface area (Å²) in [5.41, 5.74) is 9.85. The van der Waals surface area contributed by atoms with Gasteiger partial charge in [0.25, 0.3) is 0 Å². The normalized spacial score (nSPS) is 12.9. The molecule has 4 nitrogen and oxygen atoms in total. The van der Waals surface area contributed by atoms with Crippen LogP contribution < -0.4 is 0 Å². The van der Waals surface area contributed by atoms with Crippen LogP contribution in [0.25, 0.3) is 87.3 Å². The van der Waals surface area contributed by atoms with Crippen LogP contribution in [0.1, 0.15) is 81.2 Å². The summed E-state index contributed by atoms with van der Waals surface area (Å²) in [7, 11) is 0. The average molecular weight is 1010 g/mol. The van der Waals surface area contributed by atoms with Crippen LogP contribution in [0, 0.1) is 17.5 Å². The molecular weight excluding hydrogens is 955 g/mol. The van der Waals surface area contributed by atoms with E-state index in [1.807, 2.05) is 63.4 Å². The Morgan fingerprint density at radius 3 is 2.16 bits per heavy atom. The van der Waals surface area contributed by atoms with Crippen LogP contribution in [0.5, 0.6) is 0 Å². The van der Waals surface area contributed by atoms with Gasteiger partial charge in [-0.2, -0.15) is 0 Å². The molecule has 4 aromatic heterocycles. The van der Waals surface area contributed by atoms with E-state index in [4.69, 9.17) is 17.1 Å². The van der Waals surface area contributed by atoms with Crippen molar-refractivity contribution in [2.24, 2.45) is 5.41 Å². The minimum Gasteiger partial charge on any atom is -0.500 e. The Bertz CT molecular complexity index is 3330. The molecule has 1 radical (unpaired) electrons. The van der Waals surface area contributed by atoms with Crippen molar-refractivity contribution >= 4 is 65.0 Å². The van der Waals surface area contributed by atoms with Crippen LogP contribution in [-0.4, -0.2) is 15.0 Å². The molecule has 0 aliphatic heterocycles. The third-order valence-electron chi connectivity index (χ3n) is 10.9. The third kappa shape index (κ3) is 8.62. The summed E-state index contributed by atoms with van der Waals surface area (Å²) in [6.07, 6.45) is 2.30. The quantitative estimate of drug-likeness (QED) is 0.165. The Morgan fingerprint density at radius 1 is 0.645 bits per heavy atom. The van der Waals surface area contributed by atoms with E-state index < -0.39 is 11.8 Å². The summed E-state index contributed by atoms with van der Waals surface area (Å²) in [5.74, 6) is 0. The van der Waals surface area contributed by atoms with Gasteiger partial charge in [-0.05, 0) is 74.3 Å². The molecule has 6 heteroatoms. The molecular formula is C56H51IrN3OS-2. The molecule has 0 amide bonds. The SMILES string of the molecule is CC(C)(C)c1nc2c(ccc3cc(-c4cc(-c5[c-]ccc6c5oc5c7ccccc7ccc65)ncc4C(C)(C)C)ccc32)s1.[2H]C([2H])(c1ccnc(-c2[c-]cccc2)c1)C(C)(C)C.[Ir]. The van der Waals surface area contributed by atoms with Gasteiger partial charge in [0.05, 0.1) is 20.8 Å². The largest absolute Gasteiger partial charge is 0.500 e. The van der Waals surface area contributed by atoms with Gasteiger partial charge in [-0.15, -0.1) is 65.4 Å². The second-order valence-corrected chi connectivity index (χ2v) is 20.0. The van der Waals surface area contributed by atoms with Crippen molar-refractivity contribution in [3.63, 3.8) is 0 Å². The van der Waals surface area contributed by atoms with E-state index in [0.29, 0.717) is 5.56 Å². The van der Waals surface area contributed by atoms with Crippen molar-refractivity contribution in [3.05, 3.63) is 162 Å². The molecule has 0 atom stereocenters. The van der Waals surface area contributed by atoms with Gasteiger partial charge in [-0.25, -0.2) is 4.98 Å². The molecule has 6 aromatic carbocycles. The van der Waals surface area contributed by atoms with Crippen LogP contribution in [-0.2, 0) is 37.3 Å². The van der Waals surface area contributed by atoms with Crippen LogP contribution in [0.15, 0.2) is 138 Å². The molecule has 0 saturated carbocycles. The first kappa shape index (κ1) is 40.5. The number of furan rings is 1. The first-order valence-electron chi connectivity index (χ1n) is 21.9. The number of thiazole rings is 1. The van der Waals surface area contributed by atoms with Gasteiger partial charge in [0.2, 0.25) is 0 Å². The summed E-state index contributed by atoms with van der Waals surface area (Å²) in [5, 5.41) is 8.02. The second-order valence-electron chi connectivity index (χ2n) is 18.9. The number of aromatic nitrogens is 3. The zero-order valence-corrected chi connectivity index (χ0v) is 39.9. The maximum absolute atomic E-state index is 8.31. The summed E-state index contributed by atoms with van der Waals surface area (Å²) < 4.78 is 24.5. The van der Waals surface area contributed by atoms with E-state index in [2.05, 4.69) is 138 Å². The van der Waals surface area contributed by atoms with Crippen molar-refractivity contribution in [2.75, 3.05) is 0 Å². The maximum atomic E-state index is 8.31. The van der Waals surface area contributed by atoms with Gasteiger partial charge in [-0.3, -0.25) is 0 Å². The fourth-order valence-electron chi connectivity index (χ4n) is 7.94. The number of benzene rings is 6. The minimum absolute atomic E-state index is 0. The Balaban J connectivity index is 0.000000236. The molecule has 4 heterocycles. The predicted molar refractivity (Wildman–Crippen MR) is 258 cm³/mol. The van der Waals surface area contributed by atoms with E-state index >= 15 is 0 Å². The van der Waals surface area contributed by atoms with E-state index in [-0.39, 0.29) is 30.9 Å². The van der Waals surface area contributed by atoms with E-state index in [0.717, 1.165) is 55.4 Å². The maximum Gasteiger partial charge on any atom is 0.128 e. The number of rotatable bonds is 4. The Kier molecular flexibility index (Phi) is 10.9. The van der Waals surface area contributed by atoms with E-state index in [1.165, 1.54) is 42.6 Å². The van der Waals surface area contributed by atoms with Gasteiger partial charge < -0.3 is 14.4 Å². The fraction of sp³-hybridized carbons (Fsp3) is 0.232. The average Bonchev–Trinajstić information content (AvgIpc) is 3.89. The number of fused-ring (bicyclic) bond motifs is 8. The van der Waals surface area contributed by atoms with E-state index in [1.54, 1.807) is 23.6 Å². The monoisotopic (exact) mass is 1010 g/mol. The summed E-state index contributed by atoms with van der Waals surface area (Å²) >= 11 is 1.80. The smallest absolute Gasteiger partial charge is 0.128 e. The number of nitrogens with zero attached hydrogens (tertiary/aromatic N) is 3. The number of hydrogen-bond acceptors (Lipinski definition) is 5. The zero-order chi connectivity index (χ0) is 44.5. The number of hydrogen-bond donors (Lipinski definition) is 0. The molecule has 10 aromatic rings. The fourth-order valence-corrected chi connectivity index (χ4v) is 8.98. The standard InChI is InChI=1S/C40H33N2OS.C16H18N.Ir/c1-39(2,3)32-22-41-33(30-13-9-12-28-29-18-14-23-10-7-8-11-27(23)36(29)43-37(28)30)21-31(32)25-15-17-26-24(20-25)16-19-34-35(26)42-38(44-34)40(4,5)6;1-16(2,3)12-13-9-10-17-15(11-13)14-7-5-4-6-8-14;/h7-12,14-22H,1-6H3;4-7,9-11H,12H2,1-3H3;/q2*-1;/i;12D2;. The Labute approximate surface area is 385 Å². The van der Waals surface area contributed by atoms with Gasteiger partial charge in [0.15, 0.2) is 0 Å². The first-order valence-corrected chi connectivity index (χ1v) is 21.7. The molecule has 62 heavy (non-hydrogen) atoms. The molecule has 0 bridgehead atoms. The van der Waals surface area contributed by atoms with E-state index in [9.17, 15) is 0 Å². The molecule has 0 N–H and O–H groups in total. The molecule has 0 unspecified atom stereocenters. The summed E-state index contributed by atoms with van der Waals surface area (Å²) in [6.45, 7) is 19.1.